The summed E-state index contributed by atoms with van der Waals surface area (Å²) < 4.78 is 1.77. The van der Waals surface area contributed by atoms with E-state index >= 15 is 0 Å². The number of hydrogen-bond acceptors (Lipinski definition) is 7. The molecule has 174 valence electrons. The molecule has 0 bridgehead atoms. The lowest BCUT2D eigenvalue weighted by Crippen LogP contribution is -2.46. The summed E-state index contributed by atoms with van der Waals surface area (Å²) in [5.74, 6) is 2.45. The van der Waals surface area contributed by atoms with E-state index in [4.69, 9.17) is 5.73 Å². The van der Waals surface area contributed by atoms with Crippen molar-refractivity contribution in [3.63, 3.8) is 0 Å². The molecule has 3 aliphatic rings. The van der Waals surface area contributed by atoms with Crippen molar-refractivity contribution in [1.29, 1.82) is 5.26 Å². The maximum Gasteiger partial charge on any atom is 0.228 e. The number of amides is 1. The van der Waals surface area contributed by atoms with E-state index in [9.17, 15) is 15.2 Å². The second kappa shape index (κ2) is 9.11. The van der Waals surface area contributed by atoms with Crippen molar-refractivity contribution < 1.29 is 9.90 Å². The molecule has 2 aliphatic heterocycles. The molecule has 1 unspecified atom stereocenters. The van der Waals surface area contributed by atoms with Crippen molar-refractivity contribution in [2.45, 2.75) is 61.9 Å². The highest BCUT2D eigenvalue weighted by Gasteiger charge is 2.39. The molecular formula is C24H30N6O2S. The average Bonchev–Trinajstić information content (AvgIpc) is 3.40. The fourth-order valence-electron chi connectivity index (χ4n) is 4.85. The minimum atomic E-state index is -1.24. The lowest BCUT2D eigenvalue weighted by molar-refractivity contribution is -0.117. The Morgan fingerprint density at radius 1 is 1.33 bits per heavy atom. The maximum absolute atomic E-state index is 12.3. The van der Waals surface area contributed by atoms with Crippen LogP contribution in [0.3, 0.4) is 0 Å². The molecule has 1 saturated carbocycles. The van der Waals surface area contributed by atoms with Gasteiger partial charge in [-0.05, 0) is 42.4 Å². The van der Waals surface area contributed by atoms with Gasteiger partial charge in [0.2, 0.25) is 5.91 Å². The smallest absolute Gasteiger partial charge is 0.228 e. The third-order valence-electron chi connectivity index (χ3n) is 7.12. The zero-order valence-electron chi connectivity index (χ0n) is 18.7. The van der Waals surface area contributed by atoms with Crippen LogP contribution in [0.15, 0.2) is 24.4 Å². The average molecular weight is 467 g/mol. The number of carbonyl (C=O) groups excluding carboxylic acids is 1. The molecule has 0 radical (unpaired) electrons. The molecule has 1 aromatic heterocycles. The van der Waals surface area contributed by atoms with Crippen LogP contribution in [0.25, 0.3) is 0 Å². The van der Waals surface area contributed by atoms with Crippen LogP contribution in [-0.4, -0.2) is 38.8 Å². The zero-order chi connectivity index (χ0) is 23.0. The van der Waals surface area contributed by atoms with Gasteiger partial charge in [0.1, 0.15) is 6.23 Å². The molecule has 0 spiro atoms. The monoisotopic (exact) mass is 466 g/mol. The number of aliphatic hydroxyl groups is 1. The van der Waals surface area contributed by atoms with Crippen molar-refractivity contribution in [2.75, 3.05) is 18.4 Å². The van der Waals surface area contributed by atoms with Crippen LogP contribution < -0.4 is 11.1 Å². The third kappa shape index (κ3) is 4.66. The van der Waals surface area contributed by atoms with Crippen LogP contribution in [0.2, 0.25) is 0 Å². The van der Waals surface area contributed by atoms with Gasteiger partial charge in [0.25, 0.3) is 0 Å². The summed E-state index contributed by atoms with van der Waals surface area (Å²) in [6.45, 7) is 2.59. The zero-order valence-corrected chi connectivity index (χ0v) is 19.5. The minimum Gasteiger partial charge on any atom is -0.374 e. The number of nitriles is 1. The minimum absolute atomic E-state index is 0.0204. The number of rotatable bonds is 7. The number of nitrogens with zero attached hydrogens (tertiary/aromatic N) is 4. The summed E-state index contributed by atoms with van der Waals surface area (Å²) in [5.41, 5.74) is 9.92. The fraction of sp³-hybridized carbons (Fsp3) is 0.542. The number of aliphatic hydroxyl groups excluding tert-OH is 1. The van der Waals surface area contributed by atoms with Gasteiger partial charge in [0.15, 0.2) is 5.82 Å². The van der Waals surface area contributed by atoms with E-state index in [1.54, 1.807) is 10.9 Å². The Balaban J connectivity index is 1.31. The second-order valence-electron chi connectivity index (χ2n) is 9.52. The van der Waals surface area contributed by atoms with Crippen molar-refractivity contribution in [1.82, 2.24) is 14.7 Å². The van der Waals surface area contributed by atoms with Crippen LogP contribution in [-0.2, 0) is 28.4 Å². The molecule has 5 rings (SSSR count). The molecule has 2 aromatic rings. The van der Waals surface area contributed by atoms with Crippen LogP contribution in [0.5, 0.6) is 0 Å². The highest BCUT2D eigenvalue weighted by atomic mass is 32.2. The van der Waals surface area contributed by atoms with Gasteiger partial charge in [-0.2, -0.15) is 22.1 Å². The first-order valence-electron chi connectivity index (χ1n) is 11.6. The molecule has 1 aliphatic carbocycles. The summed E-state index contributed by atoms with van der Waals surface area (Å²) in [7, 11) is 0. The predicted molar refractivity (Wildman–Crippen MR) is 127 cm³/mol. The number of aromatic nitrogens is 2. The first-order chi connectivity index (χ1) is 16.0. The first-order valence-corrected chi connectivity index (χ1v) is 12.8. The van der Waals surface area contributed by atoms with Gasteiger partial charge >= 0.3 is 0 Å². The van der Waals surface area contributed by atoms with Gasteiger partial charge in [-0.3, -0.25) is 14.4 Å². The summed E-state index contributed by atoms with van der Waals surface area (Å²) >= 11 is 1.97. The number of carbonyl (C=O) groups is 1. The Kier molecular flexibility index (Phi) is 6.18. The Morgan fingerprint density at radius 2 is 2.09 bits per heavy atom. The van der Waals surface area contributed by atoms with Crippen molar-refractivity contribution >= 4 is 23.5 Å². The summed E-state index contributed by atoms with van der Waals surface area (Å²) in [5, 5.41) is 27.1. The molecular weight excluding hydrogens is 436 g/mol. The Bertz CT molecular complexity index is 1080. The van der Waals surface area contributed by atoms with Gasteiger partial charge in [-0.1, -0.05) is 18.2 Å². The normalized spacial score (nSPS) is 20.8. The van der Waals surface area contributed by atoms with Gasteiger partial charge in [-0.25, -0.2) is 0 Å². The molecule has 1 saturated heterocycles. The summed E-state index contributed by atoms with van der Waals surface area (Å²) in [6, 6.07) is 9.17. The first kappa shape index (κ1) is 22.4. The van der Waals surface area contributed by atoms with E-state index in [1.165, 1.54) is 16.7 Å². The number of benzene rings is 1. The van der Waals surface area contributed by atoms with E-state index in [0.29, 0.717) is 17.8 Å². The van der Waals surface area contributed by atoms with Gasteiger partial charge in [0.05, 0.1) is 23.6 Å². The number of fused-ring (bicyclic) bond motifs is 1. The molecule has 1 amide bonds. The van der Waals surface area contributed by atoms with Crippen molar-refractivity contribution in [3.05, 3.63) is 46.6 Å². The van der Waals surface area contributed by atoms with E-state index in [1.807, 2.05) is 11.8 Å². The van der Waals surface area contributed by atoms with Gasteiger partial charge < -0.3 is 16.2 Å². The SMILES string of the molecule is N#CCC1(n2cc(C(N)O)c(NC(=O)C3CC3)n2)CCN(Cc2ccc3c(c2)CSC3)CC1. The number of thioether (sulfide) groups is 1. The number of piperidine rings is 1. The van der Waals surface area contributed by atoms with Crippen molar-refractivity contribution in [3.8, 4) is 6.07 Å². The van der Waals surface area contributed by atoms with Crippen LogP contribution in [0.4, 0.5) is 5.82 Å². The number of hydrogen-bond donors (Lipinski definition) is 3. The quantitative estimate of drug-likeness (QED) is 0.537. The van der Waals surface area contributed by atoms with E-state index < -0.39 is 11.8 Å². The van der Waals surface area contributed by atoms with Crippen LogP contribution in [0, 0.1) is 17.2 Å². The molecule has 1 aromatic carbocycles. The number of nitrogens with two attached hydrogens (primary N) is 1. The second-order valence-corrected chi connectivity index (χ2v) is 10.5. The number of likely N-dealkylation sites (tertiary alicyclic amines) is 1. The summed E-state index contributed by atoms with van der Waals surface area (Å²) in [4.78, 5) is 14.7. The highest BCUT2D eigenvalue weighted by molar-refractivity contribution is 7.98. The van der Waals surface area contributed by atoms with Gasteiger partial charge in [0, 0.05) is 43.3 Å². The third-order valence-corrected chi connectivity index (χ3v) is 8.15. The highest BCUT2D eigenvalue weighted by Crippen LogP contribution is 2.37. The lowest BCUT2D eigenvalue weighted by Gasteiger charge is -2.40. The number of nitrogens with one attached hydrogen (secondary N) is 1. The van der Waals surface area contributed by atoms with E-state index in [-0.39, 0.29) is 11.8 Å². The summed E-state index contributed by atoms with van der Waals surface area (Å²) in [6.07, 6.45) is 4.06. The molecule has 8 nitrogen and oxygen atoms in total. The lowest BCUT2D eigenvalue weighted by atomic mass is 9.84. The Morgan fingerprint density at radius 3 is 2.79 bits per heavy atom. The molecule has 9 heteroatoms. The molecule has 3 heterocycles. The van der Waals surface area contributed by atoms with E-state index in [0.717, 1.165) is 56.8 Å². The number of anilines is 1. The van der Waals surface area contributed by atoms with Crippen LogP contribution in [0.1, 0.15) is 60.6 Å². The molecule has 2 fully saturated rings. The topological polar surface area (TPSA) is 120 Å². The van der Waals surface area contributed by atoms with E-state index in [2.05, 4.69) is 39.6 Å². The Labute approximate surface area is 198 Å². The predicted octanol–water partition coefficient (Wildman–Crippen LogP) is 2.83. The standard InChI is InChI=1S/C24H30N6O2S/c25-8-5-24(30-13-20(21(26)31)22(28-30)27-23(32)17-3-4-17)6-9-29(10-7-24)12-16-1-2-18-14-33-15-19(18)11-16/h1-2,11,13,17,21,31H,3-7,9-10,12,14-15,26H2,(H,27,28,32). The fourth-order valence-corrected chi connectivity index (χ4v) is 5.94. The van der Waals surface area contributed by atoms with Crippen molar-refractivity contribution in [2.24, 2.45) is 11.7 Å². The maximum atomic E-state index is 12.3. The van der Waals surface area contributed by atoms with Gasteiger partial charge in [-0.15, -0.1) is 0 Å². The van der Waals surface area contributed by atoms with Crippen LogP contribution >= 0.6 is 11.8 Å². The largest absolute Gasteiger partial charge is 0.374 e. The Hall–Kier alpha value is -2.38. The molecule has 33 heavy (non-hydrogen) atoms. The molecule has 1 atom stereocenters. The molecule has 4 N–H and O–H groups in total.